The van der Waals surface area contributed by atoms with Gasteiger partial charge in [0.1, 0.15) is 0 Å². The molecule has 2 fully saturated rings. The maximum absolute atomic E-state index is 14.1. The van der Waals surface area contributed by atoms with Crippen LogP contribution < -0.4 is 16.0 Å². The van der Waals surface area contributed by atoms with Gasteiger partial charge < -0.3 is 10.6 Å². The summed E-state index contributed by atoms with van der Waals surface area (Å²) < 4.78 is 0. The molecule has 2 amide bonds. The number of rotatable bonds is 11. The van der Waals surface area contributed by atoms with Gasteiger partial charge in [-0.3, -0.25) is 14.9 Å². The lowest BCUT2D eigenvalue weighted by molar-refractivity contribution is -0.131. The number of hydrogen-bond acceptors (Lipinski definition) is 3. The van der Waals surface area contributed by atoms with Crippen LogP contribution in [0.15, 0.2) is 91.0 Å². The largest absolute Gasteiger partial charge is 0.354 e. The number of benzene rings is 3. The summed E-state index contributed by atoms with van der Waals surface area (Å²) in [5, 5.41) is 10.5. The quantitative estimate of drug-likeness (QED) is 0.227. The molecule has 0 aromatic heterocycles. The minimum Gasteiger partial charge on any atom is -0.354 e. The monoisotopic (exact) mass is 565 g/mol. The molecule has 5 rings (SSSR count). The van der Waals surface area contributed by atoms with E-state index in [-0.39, 0.29) is 23.8 Å². The van der Waals surface area contributed by atoms with Gasteiger partial charge in [-0.25, -0.2) is 0 Å². The van der Waals surface area contributed by atoms with Crippen LogP contribution in [0.1, 0.15) is 93.2 Å². The third-order valence-corrected chi connectivity index (χ3v) is 9.27. The van der Waals surface area contributed by atoms with Gasteiger partial charge in [0.2, 0.25) is 11.8 Å². The molecule has 0 spiro atoms. The second kappa shape index (κ2) is 15.2. The Labute approximate surface area is 251 Å². The Morgan fingerprint density at radius 3 is 1.79 bits per heavy atom. The average molecular weight is 566 g/mol. The molecule has 3 aromatic carbocycles. The van der Waals surface area contributed by atoms with Gasteiger partial charge in [0.15, 0.2) is 0 Å². The van der Waals surface area contributed by atoms with Crippen molar-refractivity contribution in [1.82, 2.24) is 16.0 Å². The fourth-order valence-electron chi connectivity index (χ4n) is 6.86. The summed E-state index contributed by atoms with van der Waals surface area (Å²) in [6.07, 6.45) is 12.0. The molecule has 2 saturated carbocycles. The number of carbonyl (C=O) groups excluding carboxylic acids is 2. The summed E-state index contributed by atoms with van der Waals surface area (Å²) in [4.78, 5) is 28.2. The second-order valence-corrected chi connectivity index (χ2v) is 12.3. The van der Waals surface area contributed by atoms with Crippen molar-refractivity contribution in [3.8, 4) is 0 Å². The van der Waals surface area contributed by atoms with Gasteiger partial charge in [0.05, 0.1) is 11.6 Å². The summed E-state index contributed by atoms with van der Waals surface area (Å²) >= 11 is 0. The first-order valence-electron chi connectivity index (χ1n) is 16.1. The molecule has 2 aliphatic rings. The second-order valence-electron chi connectivity index (χ2n) is 12.3. The van der Waals surface area contributed by atoms with Crippen molar-refractivity contribution in [3.63, 3.8) is 0 Å². The molecule has 0 saturated heterocycles. The van der Waals surface area contributed by atoms with Gasteiger partial charge in [-0.15, -0.1) is 0 Å². The SMILES string of the molecule is O=C(NCC(c1ccccc1)c1ccccc1)[C@H](Cc1ccccc1)NC1(C(=O)NC2CCCCC2)CCCCCC1. The molecule has 0 unspecified atom stereocenters. The summed E-state index contributed by atoms with van der Waals surface area (Å²) in [7, 11) is 0. The number of carbonyl (C=O) groups is 2. The first kappa shape index (κ1) is 30.0. The zero-order valence-electron chi connectivity index (χ0n) is 24.9. The standard InChI is InChI=1S/C37H47N3O2/c41-35(38-28-33(30-19-9-4-10-20-30)31-21-11-5-12-22-31)34(27-29-17-7-3-8-18-29)40-37(25-15-1-2-16-26-37)36(42)39-32-23-13-6-14-24-32/h3-5,7-12,17-22,32-34,40H,1-2,6,13-16,23-28H2,(H,38,41)(H,39,42)/t34-/m0/s1. The van der Waals surface area contributed by atoms with Gasteiger partial charge >= 0.3 is 0 Å². The highest BCUT2D eigenvalue weighted by atomic mass is 16.2. The lowest BCUT2D eigenvalue weighted by Crippen LogP contribution is -2.64. The van der Waals surface area contributed by atoms with E-state index in [1.807, 2.05) is 54.6 Å². The van der Waals surface area contributed by atoms with Gasteiger partial charge in [-0.2, -0.15) is 0 Å². The van der Waals surface area contributed by atoms with Crippen LogP contribution in [-0.4, -0.2) is 36.0 Å². The number of hydrogen-bond donors (Lipinski definition) is 3. The molecule has 3 N–H and O–H groups in total. The molecule has 0 radical (unpaired) electrons. The van der Waals surface area contributed by atoms with Gasteiger partial charge in [0, 0.05) is 18.5 Å². The highest BCUT2D eigenvalue weighted by Gasteiger charge is 2.42. The molecule has 5 nitrogen and oxygen atoms in total. The smallest absolute Gasteiger partial charge is 0.240 e. The van der Waals surface area contributed by atoms with Crippen molar-refractivity contribution in [2.75, 3.05) is 6.54 Å². The Morgan fingerprint density at radius 1 is 0.690 bits per heavy atom. The summed E-state index contributed by atoms with van der Waals surface area (Å²) in [6.45, 7) is 0.487. The fourth-order valence-corrected chi connectivity index (χ4v) is 6.86. The predicted molar refractivity (Wildman–Crippen MR) is 170 cm³/mol. The molecule has 1 atom stereocenters. The maximum atomic E-state index is 14.1. The predicted octanol–water partition coefficient (Wildman–Crippen LogP) is 6.68. The van der Waals surface area contributed by atoms with Crippen molar-refractivity contribution in [2.45, 2.75) is 101 Å². The molecule has 0 bridgehead atoms. The van der Waals surface area contributed by atoms with E-state index < -0.39 is 11.6 Å². The Balaban J connectivity index is 1.38. The third-order valence-electron chi connectivity index (χ3n) is 9.27. The molecule has 0 aliphatic heterocycles. The molecule has 222 valence electrons. The topological polar surface area (TPSA) is 70.2 Å². The Hall–Kier alpha value is -3.44. The molecule has 5 heteroatoms. The molecule has 3 aromatic rings. The lowest BCUT2D eigenvalue weighted by Gasteiger charge is -2.38. The van der Waals surface area contributed by atoms with Crippen LogP contribution in [0.2, 0.25) is 0 Å². The molecule has 2 aliphatic carbocycles. The van der Waals surface area contributed by atoms with Gasteiger partial charge in [-0.1, -0.05) is 136 Å². The van der Waals surface area contributed by atoms with Crippen molar-refractivity contribution < 1.29 is 9.59 Å². The van der Waals surface area contributed by atoms with Crippen LogP contribution >= 0.6 is 0 Å². The van der Waals surface area contributed by atoms with Crippen LogP contribution in [-0.2, 0) is 16.0 Å². The van der Waals surface area contributed by atoms with Crippen molar-refractivity contribution in [1.29, 1.82) is 0 Å². The molecule has 42 heavy (non-hydrogen) atoms. The zero-order valence-corrected chi connectivity index (χ0v) is 24.9. The van der Waals surface area contributed by atoms with E-state index in [1.165, 1.54) is 30.4 Å². The van der Waals surface area contributed by atoms with Crippen LogP contribution in [0.3, 0.4) is 0 Å². The summed E-state index contributed by atoms with van der Waals surface area (Å²) in [6, 6.07) is 30.6. The number of amides is 2. The average Bonchev–Trinajstić information content (AvgIpc) is 3.29. The Kier molecular flexibility index (Phi) is 10.8. The van der Waals surface area contributed by atoms with E-state index in [2.05, 4.69) is 52.3 Å². The van der Waals surface area contributed by atoms with Crippen LogP contribution in [0.4, 0.5) is 0 Å². The lowest BCUT2D eigenvalue weighted by atomic mass is 9.85. The first-order valence-corrected chi connectivity index (χ1v) is 16.1. The highest BCUT2D eigenvalue weighted by molar-refractivity contribution is 5.89. The molecule has 0 heterocycles. The minimum atomic E-state index is -0.733. The van der Waals surface area contributed by atoms with E-state index in [0.29, 0.717) is 13.0 Å². The van der Waals surface area contributed by atoms with Crippen LogP contribution in [0.5, 0.6) is 0 Å². The Bertz CT molecular complexity index is 1190. The first-order chi connectivity index (χ1) is 20.6. The van der Waals surface area contributed by atoms with Crippen molar-refractivity contribution in [2.24, 2.45) is 0 Å². The van der Waals surface area contributed by atoms with E-state index in [9.17, 15) is 9.59 Å². The van der Waals surface area contributed by atoms with E-state index >= 15 is 0 Å². The van der Waals surface area contributed by atoms with Crippen molar-refractivity contribution in [3.05, 3.63) is 108 Å². The van der Waals surface area contributed by atoms with Gasteiger partial charge in [0.25, 0.3) is 0 Å². The minimum absolute atomic E-state index is 0.0372. The molecular formula is C37H47N3O2. The zero-order chi connectivity index (χ0) is 29.0. The normalized spacial score (nSPS) is 18.1. The van der Waals surface area contributed by atoms with E-state index in [0.717, 1.165) is 56.9 Å². The van der Waals surface area contributed by atoms with Crippen molar-refractivity contribution >= 4 is 11.8 Å². The summed E-state index contributed by atoms with van der Waals surface area (Å²) in [5.41, 5.74) is 2.69. The maximum Gasteiger partial charge on any atom is 0.240 e. The Morgan fingerprint density at radius 2 is 1.21 bits per heavy atom. The number of nitrogens with one attached hydrogen (secondary N) is 3. The van der Waals surface area contributed by atoms with Crippen LogP contribution in [0, 0.1) is 0 Å². The van der Waals surface area contributed by atoms with E-state index in [1.54, 1.807) is 0 Å². The highest BCUT2D eigenvalue weighted by Crippen LogP contribution is 2.30. The fraction of sp³-hybridized carbons (Fsp3) is 0.459. The summed E-state index contributed by atoms with van der Waals surface area (Å²) in [5.74, 6) is 0.0774. The van der Waals surface area contributed by atoms with Gasteiger partial charge in [-0.05, 0) is 48.8 Å². The third kappa shape index (κ3) is 8.10. The molecular weight excluding hydrogens is 518 g/mol. The van der Waals surface area contributed by atoms with E-state index in [4.69, 9.17) is 0 Å². The van der Waals surface area contributed by atoms with Crippen LogP contribution in [0.25, 0.3) is 0 Å².